The van der Waals surface area contributed by atoms with Crippen LogP contribution in [0.2, 0.25) is 0 Å². The average molecular weight is 240 g/mol. The smallest absolute Gasteiger partial charge is 0.219 e. The molecule has 17 heavy (non-hydrogen) atoms. The van der Waals surface area contributed by atoms with Crippen LogP contribution in [0.25, 0.3) is 0 Å². The van der Waals surface area contributed by atoms with E-state index < -0.39 is 0 Å². The molecule has 4 N–H and O–H groups in total. The van der Waals surface area contributed by atoms with Crippen molar-refractivity contribution in [2.24, 2.45) is 11.5 Å². The molecule has 2 aliphatic heterocycles. The Labute approximate surface area is 103 Å². The van der Waals surface area contributed by atoms with Crippen LogP contribution >= 0.6 is 0 Å². The lowest BCUT2D eigenvalue weighted by atomic mass is 10.1. The van der Waals surface area contributed by atoms with Crippen LogP contribution in [0, 0.1) is 0 Å². The molecule has 0 aliphatic carbocycles. The summed E-state index contributed by atoms with van der Waals surface area (Å²) in [4.78, 5) is 16.0. The van der Waals surface area contributed by atoms with Crippen molar-refractivity contribution in [2.75, 3.05) is 32.7 Å². The Bertz CT molecular complexity index is 271. The Morgan fingerprint density at radius 2 is 2.06 bits per heavy atom. The summed E-state index contributed by atoms with van der Waals surface area (Å²) in [5.41, 5.74) is 11.1. The van der Waals surface area contributed by atoms with Crippen LogP contribution < -0.4 is 11.5 Å². The molecule has 5 heteroatoms. The van der Waals surface area contributed by atoms with Crippen LogP contribution in [0.3, 0.4) is 0 Å². The van der Waals surface area contributed by atoms with Gasteiger partial charge in [-0.05, 0) is 38.9 Å². The maximum Gasteiger partial charge on any atom is 0.219 e. The summed E-state index contributed by atoms with van der Waals surface area (Å²) >= 11 is 0. The summed E-state index contributed by atoms with van der Waals surface area (Å²) in [6.45, 7) is 5.05. The van der Waals surface area contributed by atoms with Gasteiger partial charge in [0.05, 0.1) is 0 Å². The first-order valence-corrected chi connectivity index (χ1v) is 6.67. The van der Waals surface area contributed by atoms with E-state index in [0.717, 1.165) is 13.1 Å². The van der Waals surface area contributed by atoms with E-state index in [1.54, 1.807) is 0 Å². The Morgan fingerprint density at radius 1 is 1.29 bits per heavy atom. The lowest BCUT2D eigenvalue weighted by molar-refractivity contribution is -0.119. The molecule has 0 aromatic heterocycles. The number of hydrogen-bond acceptors (Lipinski definition) is 4. The van der Waals surface area contributed by atoms with Gasteiger partial charge in [0.1, 0.15) is 0 Å². The van der Waals surface area contributed by atoms with Crippen LogP contribution in [0.5, 0.6) is 0 Å². The molecule has 5 nitrogen and oxygen atoms in total. The molecule has 2 saturated heterocycles. The number of fused-ring (bicyclic) bond motifs is 1. The van der Waals surface area contributed by atoms with Crippen LogP contribution in [-0.4, -0.2) is 60.5 Å². The van der Waals surface area contributed by atoms with E-state index in [-0.39, 0.29) is 11.9 Å². The molecule has 2 heterocycles. The van der Waals surface area contributed by atoms with E-state index in [4.69, 9.17) is 11.5 Å². The Morgan fingerprint density at radius 3 is 2.76 bits per heavy atom. The normalized spacial score (nSPS) is 28.6. The molecule has 0 radical (unpaired) electrons. The predicted octanol–water partition coefficient (Wildman–Crippen LogP) is -0.641. The van der Waals surface area contributed by atoms with E-state index >= 15 is 0 Å². The second-order valence-electron chi connectivity index (χ2n) is 5.24. The van der Waals surface area contributed by atoms with Crippen molar-refractivity contribution in [1.29, 1.82) is 0 Å². The summed E-state index contributed by atoms with van der Waals surface area (Å²) in [6, 6.07) is 0.799. The van der Waals surface area contributed by atoms with E-state index in [2.05, 4.69) is 9.80 Å². The summed E-state index contributed by atoms with van der Waals surface area (Å²) in [7, 11) is 0. The van der Waals surface area contributed by atoms with Gasteiger partial charge in [0, 0.05) is 31.6 Å². The third kappa shape index (κ3) is 3.18. The maximum absolute atomic E-state index is 11.1. The fourth-order valence-electron chi connectivity index (χ4n) is 3.16. The van der Waals surface area contributed by atoms with Gasteiger partial charge in [-0.2, -0.15) is 0 Å². The molecule has 2 fully saturated rings. The van der Waals surface area contributed by atoms with Gasteiger partial charge in [-0.15, -0.1) is 0 Å². The van der Waals surface area contributed by atoms with E-state index in [0.29, 0.717) is 19.0 Å². The van der Waals surface area contributed by atoms with Crippen LogP contribution in [0.1, 0.15) is 25.7 Å². The van der Waals surface area contributed by atoms with Gasteiger partial charge in [0.25, 0.3) is 0 Å². The second kappa shape index (κ2) is 5.80. The SMILES string of the molecule is NCC(CC(N)=O)N1CCCN2CCCC2C1. The number of rotatable bonds is 4. The number of nitrogens with two attached hydrogens (primary N) is 2. The molecule has 98 valence electrons. The molecule has 2 unspecified atom stereocenters. The maximum atomic E-state index is 11.1. The fourth-order valence-corrected chi connectivity index (χ4v) is 3.16. The second-order valence-corrected chi connectivity index (χ2v) is 5.24. The highest BCUT2D eigenvalue weighted by molar-refractivity contribution is 5.74. The van der Waals surface area contributed by atoms with Gasteiger partial charge in [0.2, 0.25) is 5.91 Å². The van der Waals surface area contributed by atoms with Gasteiger partial charge in [-0.25, -0.2) is 0 Å². The van der Waals surface area contributed by atoms with Crippen molar-refractivity contribution in [3.05, 3.63) is 0 Å². The minimum atomic E-state index is -0.243. The first kappa shape index (κ1) is 12.8. The van der Waals surface area contributed by atoms with Crippen LogP contribution in [0.15, 0.2) is 0 Å². The molecule has 0 saturated carbocycles. The van der Waals surface area contributed by atoms with E-state index in [1.165, 1.54) is 32.4 Å². The number of carbonyl (C=O) groups is 1. The molecular weight excluding hydrogens is 216 g/mol. The number of carbonyl (C=O) groups excluding carboxylic acids is 1. The van der Waals surface area contributed by atoms with Crippen molar-refractivity contribution in [1.82, 2.24) is 9.80 Å². The van der Waals surface area contributed by atoms with Crippen molar-refractivity contribution in [3.8, 4) is 0 Å². The fraction of sp³-hybridized carbons (Fsp3) is 0.917. The molecule has 0 spiro atoms. The highest BCUT2D eigenvalue weighted by atomic mass is 16.1. The van der Waals surface area contributed by atoms with Crippen LogP contribution in [-0.2, 0) is 4.79 Å². The zero-order chi connectivity index (χ0) is 12.3. The third-order valence-electron chi connectivity index (χ3n) is 4.06. The van der Waals surface area contributed by atoms with Gasteiger partial charge in [-0.1, -0.05) is 0 Å². The number of amides is 1. The lowest BCUT2D eigenvalue weighted by Crippen LogP contribution is -2.46. The standard InChI is InChI=1S/C12H24N4O/c13-8-11(7-12(14)17)16-6-2-5-15-4-1-3-10(15)9-16/h10-11H,1-9,13H2,(H2,14,17). The highest BCUT2D eigenvalue weighted by Gasteiger charge is 2.31. The number of primary amides is 1. The molecule has 1 amide bonds. The van der Waals surface area contributed by atoms with Crippen molar-refractivity contribution in [2.45, 2.75) is 37.8 Å². The van der Waals surface area contributed by atoms with E-state index in [9.17, 15) is 4.79 Å². The molecule has 0 bridgehead atoms. The monoisotopic (exact) mass is 240 g/mol. The van der Waals surface area contributed by atoms with Gasteiger partial charge in [0.15, 0.2) is 0 Å². The largest absolute Gasteiger partial charge is 0.370 e. The predicted molar refractivity (Wildman–Crippen MR) is 67.4 cm³/mol. The number of hydrogen-bond donors (Lipinski definition) is 2. The molecule has 2 aliphatic rings. The minimum Gasteiger partial charge on any atom is -0.370 e. The third-order valence-corrected chi connectivity index (χ3v) is 4.06. The van der Waals surface area contributed by atoms with Crippen molar-refractivity contribution < 1.29 is 4.79 Å². The van der Waals surface area contributed by atoms with E-state index in [1.807, 2.05) is 0 Å². The van der Waals surface area contributed by atoms with Crippen molar-refractivity contribution >= 4 is 5.91 Å². The lowest BCUT2D eigenvalue weighted by Gasteiger charge is -2.31. The average Bonchev–Trinajstić information content (AvgIpc) is 2.63. The molecule has 0 aromatic carbocycles. The molecule has 2 atom stereocenters. The van der Waals surface area contributed by atoms with Crippen LogP contribution in [0.4, 0.5) is 0 Å². The Hall–Kier alpha value is -0.650. The highest BCUT2D eigenvalue weighted by Crippen LogP contribution is 2.22. The minimum absolute atomic E-state index is 0.132. The Kier molecular flexibility index (Phi) is 4.36. The Balaban J connectivity index is 1.96. The first-order valence-electron chi connectivity index (χ1n) is 6.67. The molecular formula is C12H24N4O. The zero-order valence-electron chi connectivity index (χ0n) is 10.5. The summed E-state index contributed by atoms with van der Waals surface area (Å²) in [6.07, 6.45) is 4.15. The van der Waals surface area contributed by atoms with Gasteiger partial charge >= 0.3 is 0 Å². The quantitative estimate of drug-likeness (QED) is 0.685. The zero-order valence-corrected chi connectivity index (χ0v) is 10.5. The summed E-state index contributed by atoms with van der Waals surface area (Å²) in [5, 5.41) is 0. The van der Waals surface area contributed by atoms with Gasteiger partial charge < -0.3 is 11.5 Å². The summed E-state index contributed by atoms with van der Waals surface area (Å²) < 4.78 is 0. The van der Waals surface area contributed by atoms with Crippen molar-refractivity contribution in [3.63, 3.8) is 0 Å². The topological polar surface area (TPSA) is 75.6 Å². The molecule has 0 aromatic rings. The van der Waals surface area contributed by atoms with Gasteiger partial charge in [-0.3, -0.25) is 14.6 Å². The number of nitrogens with zero attached hydrogens (tertiary/aromatic N) is 2. The summed E-state index contributed by atoms with van der Waals surface area (Å²) in [5.74, 6) is -0.243. The first-order chi connectivity index (χ1) is 8.20. The molecule has 2 rings (SSSR count).